The summed E-state index contributed by atoms with van der Waals surface area (Å²) in [5.41, 5.74) is 6.16. The van der Waals surface area contributed by atoms with Crippen molar-refractivity contribution < 1.29 is 29.6 Å². The molecule has 0 aliphatic carbocycles. The van der Waals surface area contributed by atoms with Gasteiger partial charge in [0.15, 0.2) is 6.23 Å². The Hall–Kier alpha value is -1.26. The molecule has 0 aromatic rings. The van der Waals surface area contributed by atoms with E-state index < -0.39 is 49.1 Å². The number of aliphatic hydroxyl groups excluding tert-OH is 3. The average molecular weight is 670 g/mol. The number of amides is 2. The number of ether oxygens (including phenoxy) is 1. The molecule has 278 valence electrons. The Morgan fingerprint density at radius 2 is 1.17 bits per heavy atom. The van der Waals surface area contributed by atoms with Crippen LogP contribution in [0.4, 0.5) is 0 Å². The van der Waals surface area contributed by atoms with Crippen LogP contribution in [0.1, 0.15) is 175 Å². The van der Waals surface area contributed by atoms with Gasteiger partial charge in [0.25, 0.3) is 0 Å². The molecule has 0 saturated carbocycles. The molecule has 9 nitrogen and oxygen atoms in total. The Kier molecular flexibility index (Phi) is 25.7. The Bertz CT molecular complexity index is 785. The van der Waals surface area contributed by atoms with Crippen LogP contribution in [0.5, 0.6) is 0 Å². The van der Waals surface area contributed by atoms with Gasteiger partial charge in [0, 0.05) is 13.0 Å². The van der Waals surface area contributed by atoms with Crippen LogP contribution >= 0.6 is 0 Å². The first-order valence-corrected chi connectivity index (χ1v) is 19.7. The summed E-state index contributed by atoms with van der Waals surface area (Å²) in [6, 6.07) is -1.86. The molecule has 1 aliphatic heterocycles. The monoisotopic (exact) mass is 670 g/mol. The molecule has 1 fully saturated rings. The highest BCUT2D eigenvalue weighted by Crippen LogP contribution is 2.26. The van der Waals surface area contributed by atoms with E-state index >= 15 is 0 Å². The molecule has 2 amide bonds. The highest BCUT2D eigenvalue weighted by Gasteiger charge is 2.48. The van der Waals surface area contributed by atoms with Crippen molar-refractivity contribution in [2.75, 3.05) is 13.2 Å². The van der Waals surface area contributed by atoms with Crippen LogP contribution in [-0.2, 0) is 14.3 Å². The molecular weight excluding hydrogens is 594 g/mol. The molecule has 9 heteroatoms. The first kappa shape index (κ1) is 43.8. The molecule has 0 aromatic heterocycles. The van der Waals surface area contributed by atoms with Gasteiger partial charge in [0.1, 0.15) is 24.4 Å². The lowest BCUT2D eigenvalue weighted by Gasteiger charge is -2.47. The van der Waals surface area contributed by atoms with E-state index in [9.17, 15) is 24.9 Å². The van der Waals surface area contributed by atoms with Crippen molar-refractivity contribution in [1.82, 2.24) is 10.2 Å². The Morgan fingerprint density at radius 1 is 0.723 bits per heavy atom. The lowest BCUT2D eigenvalue weighted by atomic mass is 9.94. The van der Waals surface area contributed by atoms with Gasteiger partial charge < -0.3 is 36.0 Å². The van der Waals surface area contributed by atoms with Gasteiger partial charge in [0.2, 0.25) is 11.8 Å². The molecule has 0 bridgehead atoms. The molecular formula is C38H75N3O6. The Morgan fingerprint density at radius 3 is 1.62 bits per heavy atom. The summed E-state index contributed by atoms with van der Waals surface area (Å²) in [6.45, 7) is 8.33. The first-order valence-electron chi connectivity index (χ1n) is 19.7. The largest absolute Gasteiger partial charge is 0.394 e. The van der Waals surface area contributed by atoms with Crippen LogP contribution in [0.3, 0.4) is 0 Å². The highest BCUT2D eigenvalue weighted by atomic mass is 16.5. The molecule has 1 aliphatic rings. The minimum absolute atomic E-state index is 0.0907. The molecule has 6 atom stereocenters. The number of nitrogens with one attached hydrogen (secondary N) is 1. The van der Waals surface area contributed by atoms with Crippen molar-refractivity contribution in [3.63, 3.8) is 0 Å². The minimum atomic E-state index is -1.42. The average Bonchev–Trinajstić information content (AvgIpc) is 3.04. The summed E-state index contributed by atoms with van der Waals surface area (Å²) in [7, 11) is 0. The fourth-order valence-corrected chi connectivity index (χ4v) is 6.65. The van der Waals surface area contributed by atoms with E-state index in [1.54, 1.807) is 4.90 Å². The van der Waals surface area contributed by atoms with Gasteiger partial charge in [-0.1, -0.05) is 150 Å². The van der Waals surface area contributed by atoms with E-state index in [-0.39, 0.29) is 11.8 Å². The zero-order chi connectivity index (χ0) is 34.9. The van der Waals surface area contributed by atoms with E-state index in [0.717, 1.165) is 38.5 Å². The smallest absolute Gasteiger partial charge is 0.237 e. The van der Waals surface area contributed by atoms with Gasteiger partial charge in [-0.05, 0) is 25.2 Å². The van der Waals surface area contributed by atoms with Crippen LogP contribution in [-0.4, -0.2) is 81.8 Å². The number of carbonyl (C=O) groups is 2. The van der Waals surface area contributed by atoms with Crippen LogP contribution in [0, 0.1) is 5.92 Å². The number of hydrogen-bond acceptors (Lipinski definition) is 7. The molecule has 47 heavy (non-hydrogen) atoms. The minimum Gasteiger partial charge on any atom is -0.394 e. The lowest BCUT2D eigenvalue weighted by Crippen LogP contribution is -2.69. The van der Waals surface area contributed by atoms with Gasteiger partial charge in [-0.15, -0.1) is 0 Å². The maximum absolute atomic E-state index is 13.8. The second-order valence-electron chi connectivity index (χ2n) is 14.6. The van der Waals surface area contributed by atoms with Crippen molar-refractivity contribution in [2.45, 2.75) is 212 Å². The normalized spacial score (nSPS) is 22.0. The topological polar surface area (TPSA) is 145 Å². The number of carbonyl (C=O) groups excluding carboxylic acids is 2. The number of unbranched alkanes of at least 4 members (excludes halogenated alkanes) is 19. The van der Waals surface area contributed by atoms with Crippen molar-refractivity contribution in [3.05, 3.63) is 0 Å². The number of rotatable bonds is 29. The third-order valence-corrected chi connectivity index (χ3v) is 9.65. The number of hydrogen-bond donors (Lipinski definition) is 5. The fourth-order valence-electron chi connectivity index (χ4n) is 6.65. The lowest BCUT2D eigenvalue weighted by molar-refractivity contribution is -0.231. The van der Waals surface area contributed by atoms with E-state index in [2.05, 4.69) is 19.2 Å². The van der Waals surface area contributed by atoms with Crippen LogP contribution < -0.4 is 11.1 Å². The van der Waals surface area contributed by atoms with Crippen molar-refractivity contribution >= 4 is 11.8 Å². The summed E-state index contributed by atoms with van der Waals surface area (Å²) in [4.78, 5) is 28.5. The van der Waals surface area contributed by atoms with Crippen LogP contribution in [0.2, 0.25) is 0 Å². The van der Waals surface area contributed by atoms with Gasteiger partial charge in [-0.2, -0.15) is 0 Å². The standard InChI is InChI=1S/C38H75N3O6/c1-5-7-9-11-13-15-16-17-19-21-23-25-27-41(33(43)26-24-22-20-18-14-12-10-8-6-2)38-34(36(45)35(44)32(29-42)47-38)40-37(46)31(39)28-30(3)4/h30-32,34-36,38,42,44-45H,5-29,39H2,1-4H3,(H,40,46)/t31-,32+,34+,35+,36+,38+/m0/s1. The predicted molar refractivity (Wildman–Crippen MR) is 192 cm³/mol. The van der Waals surface area contributed by atoms with Crippen molar-refractivity contribution in [1.29, 1.82) is 0 Å². The fraction of sp³-hybridized carbons (Fsp3) is 0.947. The molecule has 6 N–H and O–H groups in total. The third kappa shape index (κ3) is 18.9. The van der Waals surface area contributed by atoms with Gasteiger partial charge in [0.05, 0.1) is 12.6 Å². The summed E-state index contributed by atoms with van der Waals surface area (Å²) in [5.74, 6) is -0.349. The van der Waals surface area contributed by atoms with Crippen LogP contribution in [0.25, 0.3) is 0 Å². The number of aliphatic hydroxyl groups is 3. The highest BCUT2D eigenvalue weighted by molar-refractivity contribution is 5.82. The number of nitrogens with zero attached hydrogens (tertiary/aromatic N) is 1. The molecule has 0 aromatic carbocycles. The summed E-state index contributed by atoms with van der Waals surface area (Å²) in [5, 5.41) is 34.6. The van der Waals surface area contributed by atoms with Gasteiger partial charge >= 0.3 is 0 Å². The van der Waals surface area contributed by atoms with Gasteiger partial charge in [-0.3, -0.25) is 9.59 Å². The molecule has 1 rings (SSSR count). The molecule has 1 saturated heterocycles. The molecule has 0 radical (unpaired) electrons. The summed E-state index contributed by atoms with van der Waals surface area (Å²) in [6.07, 6.45) is 20.7. The summed E-state index contributed by atoms with van der Waals surface area (Å²) >= 11 is 0. The zero-order valence-corrected chi connectivity index (χ0v) is 30.8. The summed E-state index contributed by atoms with van der Waals surface area (Å²) < 4.78 is 6.11. The van der Waals surface area contributed by atoms with Gasteiger partial charge in [-0.25, -0.2) is 0 Å². The predicted octanol–water partition coefficient (Wildman–Crippen LogP) is 6.73. The van der Waals surface area contributed by atoms with Crippen LogP contribution in [0.15, 0.2) is 0 Å². The van der Waals surface area contributed by atoms with E-state index in [1.807, 2.05) is 13.8 Å². The SMILES string of the molecule is CCCCCCCCCCCCCCN(C(=O)CCCCCCCCCCC)[C@@H]1O[C@H](CO)[C@@H](O)[C@H](O)[C@H]1NC(=O)[C@@H](N)CC(C)C. The Balaban J connectivity index is 2.84. The van der Waals surface area contributed by atoms with E-state index in [4.69, 9.17) is 10.5 Å². The van der Waals surface area contributed by atoms with Crippen molar-refractivity contribution in [2.24, 2.45) is 11.7 Å². The first-order chi connectivity index (χ1) is 22.7. The maximum atomic E-state index is 13.8. The van der Waals surface area contributed by atoms with Crippen molar-refractivity contribution in [3.8, 4) is 0 Å². The number of nitrogens with two attached hydrogens (primary N) is 1. The maximum Gasteiger partial charge on any atom is 0.237 e. The molecule has 0 spiro atoms. The molecule has 1 heterocycles. The Labute approximate surface area is 288 Å². The second-order valence-corrected chi connectivity index (χ2v) is 14.6. The second kappa shape index (κ2) is 27.5. The van der Waals surface area contributed by atoms with E-state index in [0.29, 0.717) is 19.4 Å². The molecule has 0 unspecified atom stereocenters. The zero-order valence-electron chi connectivity index (χ0n) is 30.8. The quantitative estimate of drug-likeness (QED) is 0.0555. The van der Waals surface area contributed by atoms with E-state index in [1.165, 1.54) is 96.3 Å². The third-order valence-electron chi connectivity index (χ3n) is 9.65.